The van der Waals surface area contributed by atoms with E-state index in [9.17, 15) is 18.0 Å². The molecule has 0 radical (unpaired) electrons. The van der Waals surface area contributed by atoms with E-state index in [1.165, 1.54) is 42.3 Å². The molecule has 0 unspecified atom stereocenters. The summed E-state index contributed by atoms with van der Waals surface area (Å²) in [5, 5.41) is 2.96. The zero-order chi connectivity index (χ0) is 33.5. The van der Waals surface area contributed by atoms with Crippen LogP contribution in [0.3, 0.4) is 0 Å². The first kappa shape index (κ1) is 34.2. The van der Waals surface area contributed by atoms with Gasteiger partial charge in [0.25, 0.3) is 10.0 Å². The van der Waals surface area contributed by atoms with Gasteiger partial charge in [-0.1, -0.05) is 78.4 Å². The quantitative estimate of drug-likeness (QED) is 0.207. The van der Waals surface area contributed by atoms with Crippen LogP contribution < -0.4 is 14.4 Å². The first-order chi connectivity index (χ1) is 21.8. The molecule has 0 aliphatic heterocycles. The monoisotopic (exact) mass is 645 g/mol. The van der Waals surface area contributed by atoms with Gasteiger partial charge in [0, 0.05) is 24.1 Å². The fraction of sp³-hybridized carbons (Fsp3) is 0.278. The fourth-order valence-electron chi connectivity index (χ4n) is 5.00. The van der Waals surface area contributed by atoms with Crippen molar-refractivity contribution in [1.29, 1.82) is 0 Å². The molecule has 4 rings (SSSR count). The van der Waals surface area contributed by atoms with Crippen LogP contribution in [-0.4, -0.2) is 50.4 Å². The van der Waals surface area contributed by atoms with Crippen LogP contribution in [0.2, 0.25) is 0 Å². The number of hydrogen-bond acceptors (Lipinski definition) is 5. The maximum absolute atomic E-state index is 15.1. The molecule has 4 aromatic rings. The van der Waals surface area contributed by atoms with Gasteiger partial charge in [0.2, 0.25) is 11.8 Å². The summed E-state index contributed by atoms with van der Waals surface area (Å²) in [5.41, 5.74) is 1.32. The van der Waals surface area contributed by atoms with Crippen LogP contribution in [0.5, 0.6) is 5.75 Å². The van der Waals surface area contributed by atoms with E-state index in [0.29, 0.717) is 0 Å². The summed E-state index contributed by atoms with van der Waals surface area (Å²) in [6.45, 7) is 6.36. The minimum absolute atomic E-state index is 0.0243. The highest BCUT2D eigenvalue weighted by atomic mass is 32.2. The fourth-order valence-corrected chi connectivity index (χ4v) is 6.43. The number of carbonyl (C=O) groups is 2. The second-order valence-corrected chi connectivity index (χ2v) is 13.9. The summed E-state index contributed by atoms with van der Waals surface area (Å²) in [6.07, 6.45) is 0.113. The van der Waals surface area contributed by atoms with Gasteiger partial charge in [-0.15, -0.1) is 0 Å². The van der Waals surface area contributed by atoms with Gasteiger partial charge in [-0.05, 0) is 63.6 Å². The van der Waals surface area contributed by atoms with Crippen molar-refractivity contribution in [2.75, 3.05) is 18.0 Å². The molecule has 1 atom stereocenters. The van der Waals surface area contributed by atoms with E-state index in [1.807, 2.05) is 58.0 Å². The predicted molar refractivity (Wildman–Crippen MR) is 177 cm³/mol. The lowest BCUT2D eigenvalue weighted by Gasteiger charge is -2.35. The van der Waals surface area contributed by atoms with Crippen LogP contribution in [-0.2, 0) is 32.6 Å². The maximum Gasteiger partial charge on any atom is 0.264 e. The molecule has 46 heavy (non-hydrogen) atoms. The number of benzene rings is 4. The van der Waals surface area contributed by atoms with E-state index in [2.05, 4.69) is 5.32 Å². The summed E-state index contributed by atoms with van der Waals surface area (Å²) >= 11 is 0. The van der Waals surface area contributed by atoms with Gasteiger partial charge in [0.05, 0.1) is 17.7 Å². The van der Waals surface area contributed by atoms with Gasteiger partial charge in [-0.3, -0.25) is 13.9 Å². The number of methoxy groups -OCH3 is 1. The van der Waals surface area contributed by atoms with Gasteiger partial charge < -0.3 is 15.0 Å². The van der Waals surface area contributed by atoms with Crippen molar-refractivity contribution in [3.8, 4) is 5.75 Å². The third-order valence-electron chi connectivity index (χ3n) is 7.31. The minimum Gasteiger partial charge on any atom is -0.495 e. The van der Waals surface area contributed by atoms with E-state index in [0.717, 1.165) is 15.4 Å². The summed E-state index contributed by atoms with van der Waals surface area (Å²) < 4.78 is 50.0. The Morgan fingerprint density at radius 3 is 2.11 bits per heavy atom. The molecule has 0 aliphatic carbocycles. The highest BCUT2D eigenvalue weighted by molar-refractivity contribution is 7.92. The van der Waals surface area contributed by atoms with Gasteiger partial charge in [0.15, 0.2) is 0 Å². The Balaban J connectivity index is 1.85. The van der Waals surface area contributed by atoms with E-state index >= 15 is 4.39 Å². The van der Waals surface area contributed by atoms with Crippen LogP contribution in [0, 0.1) is 12.7 Å². The Morgan fingerprint density at radius 1 is 0.870 bits per heavy atom. The Kier molecular flexibility index (Phi) is 10.8. The molecule has 0 aromatic heterocycles. The van der Waals surface area contributed by atoms with E-state index < -0.39 is 45.8 Å². The lowest BCUT2D eigenvalue weighted by Crippen LogP contribution is -2.56. The number of para-hydroxylation sites is 2. The number of rotatable bonds is 12. The van der Waals surface area contributed by atoms with Gasteiger partial charge in [0.1, 0.15) is 24.2 Å². The minimum atomic E-state index is -4.32. The number of hydrogen-bond donors (Lipinski definition) is 1. The number of amides is 2. The Labute approximate surface area is 270 Å². The standard InChI is InChI=1S/C36H40FN3O5S/c1-26-19-21-29(22-20-26)46(43,44)40(31-17-11-12-18-33(31)45-5)25-34(41)39(24-28-15-9-10-16-30(28)37)32(35(42)38-36(2,3)4)23-27-13-7-6-8-14-27/h6-22,32H,23-25H2,1-5H3,(H,38,42)/t32-/m0/s1. The van der Waals surface area contributed by atoms with E-state index in [1.54, 1.807) is 42.5 Å². The number of sulfonamides is 1. The predicted octanol–water partition coefficient (Wildman–Crippen LogP) is 5.89. The number of nitrogens with zero attached hydrogens (tertiary/aromatic N) is 2. The molecule has 0 saturated carbocycles. The molecular weight excluding hydrogens is 605 g/mol. The molecule has 242 valence electrons. The topological polar surface area (TPSA) is 96.0 Å². The molecule has 0 fully saturated rings. The second-order valence-electron chi connectivity index (χ2n) is 12.1. The molecule has 10 heteroatoms. The van der Waals surface area contributed by atoms with Gasteiger partial charge >= 0.3 is 0 Å². The zero-order valence-corrected chi connectivity index (χ0v) is 27.6. The summed E-state index contributed by atoms with van der Waals surface area (Å²) in [4.78, 5) is 29.7. The largest absolute Gasteiger partial charge is 0.495 e. The van der Waals surface area contributed by atoms with E-state index in [-0.39, 0.29) is 34.9 Å². The van der Waals surface area contributed by atoms with Crippen molar-refractivity contribution >= 4 is 27.5 Å². The molecule has 0 bridgehead atoms. The van der Waals surface area contributed by atoms with Crippen molar-refractivity contribution in [3.05, 3.63) is 126 Å². The van der Waals surface area contributed by atoms with Crippen molar-refractivity contribution in [3.63, 3.8) is 0 Å². The lowest BCUT2D eigenvalue weighted by molar-refractivity contribution is -0.140. The van der Waals surface area contributed by atoms with Crippen LogP contribution in [0.25, 0.3) is 0 Å². The summed E-state index contributed by atoms with van der Waals surface area (Å²) in [6, 6.07) is 26.9. The second kappa shape index (κ2) is 14.6. The van der Waals surface area contributed by atoms with Crippen LogP contribution in [0.4, 0.5) is 10.1 Å². The Bertz CT molecular complexity index is 1760. The number of aryl methyl sites for hydroxylation is 1. The molecule has 2 amide bonds. The first-order valence-corrected chi connectivity index (χ1v) is 16.4. The third-order valence-corrected chi connectivity index (χ3v) is 9.08. The molecule has 0 aliphatic rings. The van der Waals surface area contributed by atoms with Gasteiger partial charge in [-0.2, -0.15) is 0 Å². The number of carbonyl (C=O) groups excluding carboxylic acids is 2. The van der Waals surface area contributed by atoms with Crippen molar-refractivity contribution in [1.82, 2.24) is 10.2 Å². The average Bonchev–Trinajstić information content (AvgIpc) is 3.02. The van der Waals surface area contributed by atoms with Crippen LogP contribution in [0.15, 0.2) is 108 Å². The highest BCUT2D eigenvalue weighted by Gasteiger charge is 2.36. The molecule has 4 aromatic carbocycles. The lowest BCUT2D eigenvalue weighted by atomic mass is 10.0. The smallest absolute Gasteiger partial charge is 0.264 e. The van der Waals surface area contributed by atoms with Crippen LogP contribution >= 0.6 is 0 Å². The number of halogens is 1. The summed E-state index contributed by atoms with van der Waals surface area (Å²) in [5.74, 6) is -1.47. The number of nitrogens with one attached hydrogen (secondary N) is 1. The first-order valence-electron chi connectivity index (χ1n) is 14.9. The number of ether oxygens (including phenoxy) is 1. The Hall–Kier alpha value is -4.70. The highest BCUT2D eigenvalue weighted by Crippen LogP contribution is 2.33. The van der Waals surface area contributed by atoms with E-state index in [4.69, 9.17) is 4.74 Å². The normalized spacial score (nSPS) is 12.2. The summed E-state index contributed by atoms with van der Waals surface area (Å²) in [7, 11) is -2.90. The molecule has 8 nitrogen and oxygen atoms in total. The maximum atomic E-state index is 15.1. The molecular formula is C36H40FN3O5S. The SMILES string of the molecule is COc1ccccc1N(CC(=O)N(Cc1ccccc1F)[C@@H](Cc1ccccc1)C(=O)NC(C)(C)C)S(=O)(=O)c1ccc(C)cc1. The molecule has 1 N–H and O–H groups in total. The van der Waals surface area contributed by atoms with Gasteiger partial charge in [-0.25, -0.2) is 12.8 Å². The average molecular weight is 646 g/mol. The van der Waals surface area contributed by atoms with Crippen molar-refractivity contribution in [2.24, 2.45) is 0 Å². The number of anilines is 1. The Morgan fingerprint density at radius 2 is 1.48 bits per heavy atom. The van der Waals surface area contributed by atoms with Crippen molar-refractivity contribution < 1.29 is 27.1 Å². The molecule has 0 heterocycles. The van der Waals surface area contributed by atoms with Crippen LogP contribution in [0.1, 0.15) is 37.5 Å². The molecule has 0 spiro atoms. The molecule has 0 saturated heterocycles. The third kappa shape index (κ3) is 8.51. The zero-order valence-electron chi connectivity index (χ0n) is 26.7. The van der Waals surface area contributed by atoms with Crippen molar-refractivity contribution in [2.45, 2.75) is 57.1 Å².